The van der Waals surface area contributed by atoms with Gasteiger partial charge in [-0.05, 0) is 47.8 Å². The Bertz CT molecular complexity index is 1520. The van der Waals surface area contributed by atoms with Crippen molar-refractivity contribution in [2.45, 2.75) is 26.2 Å². The van der Waals surface area contributed by atoms with Gasteiger partial charge in [0.2, 0.25) is 0 Å². The summed E-state index contributed by atoms with van der Waals surface area (Å²) in [4.78, 5) is 31.4. The number of rotatable bonds is 10. The van der Waals surface area contributed by atoms with Crippen molar-refractivity contribution in [2.75, 3.05) is 43.6 Å². The van der Waals surface area contributed by atoms with E-state index in [0.717, 1.165) is 41.8 Å². The first kappa shape index (κ1) is 25.6. The molecule has 196 valence electrons. The number of fused-ring (bicyclic) bond motifs is 2. The van der Waals surface area contributed by atoms with E-state index >= 15 is 0 Å². The molecule has 4 aromatic rings. The Morgan fingerprint density at radius 3 is 2.66 bits per heavy atom. The second-order valence-electron chi connectivity index (χ2n) is 9.07. The summed E-state index contributed by atoms with van der Waals surface area (Å²) in [5.41, 5.74) is 3.44. The Kier molecular flexibility index (Phi) is 7.76. The van der Waals surface area contributed by atoms with Crippen LogP contribution in [0.2, 0.25) is 0 Å². The fraction of sp³-hybridized carbons (Fsp3) is 0.310. The normalized spacial score (nSPS) is 13.6. The van der Waals surface area contributed by atoms with Crippen molar-refractivity contribution >= 4 is 38.7 Å². The summed E-state index contributed by atoms with van der Waals surface area (Å²) < 4.78 is 16.5. The van der Waals surface area contributed by atoms with E-state index in [1.165, 1.54) is 0 Å². The highest BCUT2D eigenvalue weighted by Gasteiger charge is 2.18. The molecule has 3 aromatic carbocycles. The van der Waals surface area contributed by atoms with Crippen LogP contribution in [0.3, 0.4) is 0 Å². The smallest absolute Gasteiger partial charge is 0.195 e. The Hall–Kier alpha value is -4.08. The van der Waals surface area contributed by atoms with Crippen LogP contribution in [0.25, 0.3) is 21.7 Å². The van der Waals surface area contributed by atoms with Crippen LogP contribution >= 0.6 is 0 Å². The Morgan fingerprint density at radius 2 is 1.89 bits per heavy atom. The molecule has 38 heavy (non-hydrogen) atoms. The number of pyridine rings is 1. The van der Waals surface area contributed by atoms with Crippen LogP contribution in [0.15, 0.2) is 70.8 Å². The lowest BCUT2D eigenvalue weighted by atomic mass is 10.1. The van der Waals surface area contributed by atoms with Gasteiger partial charge in [-0.2, -0.15) is 0 Å². The van der Waals surface area contributed by atoms with Crippen LogP contribution in [0.1, 0.15) is 18.9 Å². The molecule has 9 nitrogen and oxygen atoms in total. The number of hydrogen-bond donors (Lipinski definition) is 1. The number of methoxy groups -OCH3 is 1. The van der Waals surface area contributed by atoms with Crippen molar-refractivity contribution in [1.29, 1.82) is 0 Å². The second-order valence-corrected chi connectivity index (χ2v) is 9.07. The van der Waals surface area contributed by atoms with Crippen molar-refractivity contribution in [2.24, 2.45) is 5.18 Å². The maximum atomic E-state index is 13.7. The molecule has 1 saturated heterocycles. The van der Waals surface area contributed by atoms with Crippen LogP contribution in [0, 0.1) is 4.91 Å². The fourth-order valence-corrected chi connectivity index (χ4v) is 4.71. The Balaban J connectivity index is 1.44. The maximum Gasteiger partial charge on any atom is 0.195 e. The molecule has 0 atom stereocenters. The SMILES string of the molecule is CCN(CCC1OCCO1)c1cnc2ccc3ccc(NCc4ccc(N=O)cc4OC)cc3c(=O)c2c1. The molecule has 9 heteroatoms. The minimum Gasteiger partial charge on any atom is -0.496 e. The lowest BCUT2D eigenvalue weighted by Crippen LogP contribution is -2.27. The van der Waals surface area contributed by atoms with E-state index in [4.69, 9.17) is 14.2 Å². The minimum atomic E-state index is -0.181. The van der Waals surface area contributed by atoms with E-state index < -0.39 is 0 Å². The van der Waals surface area contributed by atoms with Crippen molar-refractivity contribution in [3.8, 4) is 5.75 Å². The van der Waals surface area contributed by atoms with Gasteiger partial charge in [0.05, 0.1) is 43.1 Å². The van der Waals surface area contributed by atoms with Gasteiger partial charge in [0.15, 0.2) is 11.7 Å². The van der Waals surface area contributed by atoms with E-state index in [2.05, 4.69) is 27.3 Å². The first-order chi connectivity index (χ1) is 18.6. The molecule has 0 aliphatic carbocycles. The molecule has 0 saturated carbocycles. The van der Waals surface area contributed by atoms with Crippen molar-refractivity contribution < 1.29 is 14.2 Å². The van der Waals surface area contributed by atoms with Crippen molar-refractivity contribution in [1.82, 2.24) is 4.98 Å². The summed E-state index contributed by atoms with van der Waals surface area (Å²) in [6, 6.07) is 16.5. The van der Waals surface area contributed by atoms with Crippen LogP contribution in [-0.4, -0.2) is 44.7 Å². The van der Waals surface area contributed by atoms with Crippen molar-refractivity contribution in [3.05, 3.63) is 81.5 Å². The highest BCUT2D eigenvalue weighted by molar-refractivity contribution is 5.94. The molecule has 0 radical (unpaired) electrons. The Morgan fingerprint density at radius 1 is 1.08 bits per heavy atom. The summed E-state index contributed by atoms with van der Waals surface area (Å²) in [5, 5.41) is 8.33. The zero-order valence-corrected chi connectivity index (χ0v) is 21.5. The summed E-state index contributed by atoms with van der Waals surface area (Å²) in [6.07, 6.45) is 2.38. The summed E-state index contributed by atoms with van der Waals surface area (Å²) in [7, 11) is 1.55. The van der Waals surface area contributed by atoms with E-state index in [-0.39, 0.29) is 11.7 Å². The van der Waals surface area contributed by atoms with Gasteiger partial charge in [0, 0.05) is 48.8 Å². The van der Waals surface area contributed by atoms with Crippen LogP contribution < -0.4 is 20.4 Å². The number of hydrogen-bond acceptors (Lipinski definition) is 9. The number of benzene rings is 2. The predicted molar refractivity (Wildman–Crippen MR) is 149 cm³/mol. The van der Waals surface area contributed by atoms with Gasteiger partial charge in [-0.25, -0.2) is 0 Å². The number of aromatic nitrogens is 1. The highest BCUT2D eigenvalue weighted by Crippen LogP contribution is 2.27. The third-order valence-corrected chi connectivity index (χ3v) is 6.80. The molecule has 5 rings (SSSR count). The Labute approximate surface area is 220 Å². The molecule has 1 fully saturated rings. The maximum absolute atomic E-state index is 13.7. The first-order valence-electron chi connectivity index (χ1n) is 12.7. The largest absolute Gasteiger partial charge is 0.496 e. The summed E-state index contributed by atoms with van der Waals surface area (Å²) >= 11 is 0. The number of anilines is 2. The quantitative estimate of drug-likeness (QED) is 0.282. The number of nitroso groups, excluding NO2 is 1. The van der Waals surface area contributed by atoms with Gasteiger partial charge in [0.1, 0.15) is 11.4 Å². The molecule has 1 aliphatic heterocycles. The molecular weight excluding hydrogens is 484 g/mol. The first-order valence-corrected chi connectivity index (χ1v) is 12.7. The zero-order chi connectivity index (χ0) is 26.5. The summed E-state index contributed by atoms with van der Waals surface area (Å²) in [5.74, 6) is 0.572. The molecule has 1 N–H and O–H groups in total. The van der Waals surface area contributed by atoms with Crippen LogP contribution in [-0.2, 0) is 16.0 Å². The van der Waals surface area contributed by atoms with Crippen LogP contribution in [0.5, 0.6) is 5.75 Å². The molecule has 1 aromatic heterocycles. The lowest BCUT2D eigenvalue weighted by Gasteiger charge is -2.24. The van der Waals surface area contributed by atoms with Gasteiger partial charge in [-0.1, -0.05) is 18.2 Å². The van der Waals surface area contributed by atoms with Gasteiger partial charge < -0.3 is 24.4 Å². The standard InChI is InChI=1S/C29H30N4O5/c1-3-33(11-10-28-37-12-13-38-28)23-16-25-26(31-18-23)9-6-19-4-7-21(14-24(19)29(25)34)30-17-20-5-8-22(32-35)15-27(20)36-2/h4-9,14-16,18,28,30H,3,10-13,17H2,1-2H3. The monoisotopic (exact) mass is 514 g/mol. The van der Waals surface area contributed by atoms with Gasteiger partial charge in [-0.15, -0.1) is 4.91 Å². The molecule has 2 heterocycles. The average molecular weight is 515 g/mol. The zero-order valence-electron chi connectivity index (χ0n) is 21.5. The number of nitrogens with zero attached hydrogens (tertiary/aromatic N) is 3. The van der Waals surface area contributed by atoms with E-state index in [1.807, 2.05) is 42.6 Å². The average Bonchev–Trinajstić information content (AvgIpc) is 3.44. The third-order valence-electron chi connectivity index (χ3n) is 6.80. The molecule has 0 amide bonds. The third kappa shape index (κ3) is 5.44. The second kappa shape index (κ2) is 11.5. The van der Waals surface area contributed by atoms with Gasteiger partial charge in [0.25, 0.3) is 0 Å². The minimum absolute atomic E-state index is 0.0736. The van der Waals surface area contributed by atoms with E-state index in [9.17, 15) is 9.70 Å². The van der Waals surface area contributed by atoms with Gasteiger partial charge in [-0.3, -0.25) is 9.78 Å². The van der Waals surface area contributed by atoms with Gasteiger partial charge >= 0.3 is 0 Å². The number of nitrogens with one attached hydrogen (secondary N) is 1. The topological polar surface area (TPSA) is 102 Å². The van der Waals surface area contributed by atoms with E-state index in [0.29, 0.717) is 47.5 Å². The predicted octanol–water partition coefficient (Wildman–Crippen LogP) is 5.36. The molecule has 0 spiro atoms. The molecule has 0 bridgehead atoms. The fourth-order valence-electron chi connectivity index (χ4n) is 4.71. The van der Waals surface area contributed by atoms with E-state index in [1.54, 1.807) is 25.3 Å². The van der Waals surface area contributed by atoms with Crippen LogP contribution in [0.4, 0.5) is 17.1 Å². The molecular formula is C29H30N4O5. The lowest BCUT2D eigenvalue weighted by molar-refractivity contribution is -0.0448. The number of ether oxygens (including phenoxy) is 3. The molecule has 1 aliphatic rings. The highest BCUT2D eigenvalue weighted by atomic mass is 16.7. The molecule has 0 unspecified atom stereocenters. The summed E-state index contributed by atoms with van der Waals surface area (Å²) in [6.45, 7) is 5.30. The van der Waals surface area contributed by atoms with Crippen molar-refractivity contribution in [3.63, 3.8) is 0 Å².